The van der Waals surface area contributed by atoms with Crippen molar-refractivity contribution in [2.24, 2.45) is 4.99 Å². The molecule has 2 aliphatic heterocycles. The molecule has 0 unspecified atom stereocenters. The van der Waals surface area contributed by atoms with Crippen molar-refractivity contribution in [3.8, 4) is 11.5 Å². The lowest BCUT2D eigenvalue weighted by molar-refractivity contribution is -0.130. The van der Waals surface area contributed by atoms with Crippen molar-refractivity contribution >= 4 is 34.4 Å². The Morgan fingerprint density at radius 2 is 2.00 bits per heavy atom. The molecular weight excluding hydrogens is 409 g/mol. The molecule has 7 nitrogen and oxygen atoms in total. The highest BCUT2D eigenvalue weighted by Crippen LogP contribution is 2.35. The molecule has 0 spiro atoms. The van der Waals surface area contributed by atoms with Crippen LogP contribution in [0.1, 0.15) is 18.9 Å². The molecule has 0 saturated carbocycles. The zero-order chi connectivity index (χ0) is 21.1. The fourth-order valence-corrected chi connectivity index (χ4v) is 4.26. The smallest absolute Gasteiger partial charge is 0.234 e. The molecule has 2 amide bonds. The van der Waals surface area contributed by atoms with E-state index >= 15 is 0 Å². The van der Waals surface area contributed by atoms with E-state index < -0.39 is 5.25 Å². The van der Waals surface area contributed by atoms with E-state index in [1.807, 2.05) is 19.1 Å². The van der Waals surface area contributed by atoms with Gasteiger partial charge in [-0.05, 0) is 48.9 Å². The van der Waals surface area contributed by atoms with Crippen LogP contribution in [-0.2, 0) is 16.1 Å². The van der Waals surface area contributed by atoms with Gasteiger partial charge >= 0.3 is 0 Å². The number of benzene rings is 2. The summed E-state index contributed by atoms with van der Waals surface area (Å²) in [6.45, 7) is 2.75. The first-order chi connectivity index (χ1) is 14.5. The topological polar surface area (TPSA) is 80.2 Å². The third-order valence-electron chi connectivity index (χ3n) is 4.61. The van der Waals surface area contributed by atoms with Crippen LogP contribution >= 0.6 is 11.8 Å². The summed E-state index contributed by atoms with van der Waals surface area (Å²) in [7, 11) is 0. The molecule has 30 heavy (non-hydrogen) atoms. The molecule has 4 rings (SSSR count). The standard InChI is InChI=1S/C21H20FN3O4S/c1-2-23-20(27)18-10-19(26)25(11-13-3-8-16-17(9-13)29-12-28-16)21(30-18)24-15-6-4-14(22)5-7-15/h3-9,18H,2,10-12H2,1H3,(H,23,27)/t18-/m0/s1. The number of nitrogens with one attached hydrogen (secondary N) is 1. The second-order valence-corrected chi connectivity index (χ2v) is 7.91. The number of carbonyl (C=O) groups excluding carboxylic acids is 2. The predicted octanol–water partition coefficient (Wildman–Crippen LogP) is 3.21. The Kier molecular flexibility index (Phi) is 5.89. The summed E-state index contributed by atoms with van der Waals surface area (Å²) >= 11 is 1.23. The van der Waals surface area contributed by atoms with Crippen LogP contribution in [0.15, 0.2) is 47.5 Å². The SMILES string of the molecule is CCNC(=O)[C@@H]1CC(=O)N(Cc2ccc3c(c2)OCO3)C(=Nc2ccc(F)cc2)S1. The van der Waals surface area contributed by atoms with Gasteiger partial charge in [-0.3, -0.25) is 14.5 Å². The minimum absolute atomic E-state index is 0.0729. The first kappa shape index (κ1) is 20.2. The number of hydrogen-bond donors (Lipinski definition) is 1. The van der Waals surface area contributed by atoms with E-state index in [1.54, 1.807) is 11.0 Å². The van der Waals surface area contributed by atoms with Crippen LogP contribution in [0.3, 0.4) is 0 Å². The number of rotatable bonds is 5. The Morgan fingerprint density at radius 3 is 2.77 bits per heavy atom. The zero-order valence-corrected chi connectivity index (χ0v) is 17.1. The number of nitrogens with zero attached hydrogens (tertiary/aromatic N) is 2. The quantitative estimate of drug-likeness (QED) is 0.790. The lowest BCUT2D eigenvalue weighted by Gasteiger charge is -2.31. The van der Waals surface area contributed by atoms with Gasteiger partial charge in [-0.15, -0.1) is 0 Å². The highest BCUT2D eigenvalue weighted by molar-refractivity contribution is 8.15. The molecule has 2 aliphatic rings. The van der Waals surface area contributed by atoms with Crippen molar-refractivity contribution in [2.45, 2.75) is 25.1 Å². The Bertz CT molecular complexity index is 996. The molecule has 1 saturated heterocycles. The van der Waals surface area contributed by atoms with Crippen molar-refractivity contribution in [1.29, 1.82) is 0 Å². The van der Waals surface area contributed by atoms with Gasteiger partial charge in [0.1, 0.15) is 5.82 Å². The molecule has 1 N–H and O–H groups in total. The summed E-state index contributed by atoms with van der Waals surface area (Å²) < 4.78 is 24.0. The van der Waals surface area contributed by atoms with Crippen LogP contribution in [0, 0.1) is 5.82 Å². The van der Waals surface area contributed by atoms with Crippen LogP contribution in [0.5, 0.6) is 11.5 Å². The van der Waals surface area contributed by atoms with Gasteiger partial charge in [0.25, 0.3) is 0 Å². The monoisotopic (exact) mass is 429 g/mol. The van der Waals surface area contributed by atoms with Crippen LogP contribution in [0.4, 0.5) is 10.1 Å². The predicted molar refractivity (Wildman–Crippen MR) is 111 cm³/mol. The largest absolute Gasteiger partial charge is 0.454 e. The number of thioether (sulfide) groups is 1. The van der Waals surface area contributed by atoms with Gasteiger partial charge in [0, 0.05) is 13.0 Å². The molecule has 0 bridgehead atoms. The summed E-state index contributed by atoms with van der Waals surface area (Å²) in [5, 5.41) is 2.58. The summed E-state index contributed by atoms with van der Waals surface area (Å²) in [5.74, 6) is 0.508. The molecule has 156 valence electrons. The van der Waals surface area contributed by atoms with E-state index in [0.29, 0.717) is 28.9 Å². The third-order valence-corrected chi connectivity index (χ3v) is 5.80. The molecule has 2 aromatic carbocycles. The van der Waals surface area contributed by atoms with Crippen LogP contribution < -0.4 is 14.8 Å². The summed E-state index contributed by atoms with van der Waals surface area (Å²) in [6.07, 6.45) is 0.0729. The first-order valence-electron chi connectivity index (χ1n) is 9.51. The van der Waals surface area contributed by atoms with Crippen molar-refractivity contribution in [3.63, 3.8) is 0 Å². The van der Waals surface area contributed by atoms with Crippen LogP contribution in [0.2, 0.25) is 0 Å². The molecule has 2 aromatic rings. The maximum Gasteiger partial charge on any atom is 0.234 e. The molecule has 1 atom stereocenters. The second-order valence-electron chi connectivity index (χ2n) is 6.74. The Labute approximate surface area is 177 Å². The van der Waals surface area contributed by atoms with Crippen molar-refractivity contribution in [3.05, 3.63) is 53.8 Å². The van der Waals surface area contributed by atoms with Crippen LogP contribution in [-0.4, -0.2) is 40.5 Å². The molecule has 0 radical (unpaired) electrons. The van der Waals surface area contributed by atoms with Gasteiger partial charge in [-0.2, -0.15) is 0 Å². The highest BCUT2D eigenvalue weighted by atomic mass is 32.2. The molecule has 2 heterocycles. The number of ether oxygens (including phenoxy) is 2. The summed E-state index contributed by atoms with van der Waals surface area (Å²) in [4.78, 5) is 31.4. The van der Waals surface area contributed by atoms with Gasteiger partial charge in [-0.25, -0.2) is 9.38 Å². The van der Waals surface area contributed by atoms with E-state index in [9.17, 15) is 14.0 Å². The Morgan fingerprint density at radius 1 is 1.23 bits per heavy atom. The van der Waals surface area contributed by atoms with E-state index in [1.165, 1.54) is 36.0 Å². The highest BCUT2D eigenvalue weighted by Gasteiger charge is 2.36. The van der Waals surface area contributed by atoms with Gasteiger partial charge in [-0.1, -0.05) is 17.8 Å². The third kappa shape index (κ3) is 4.40. The van der Waals surface area contributed by atoms with E-state index in [0.717, 1.165) is 5.56 Å². The normalized spacial score (nSPS) is 19.3. The second kappa shape index (κ2) is 8.74. The average molecular weight is 429 g/mol. The van der Waals surface area contributed by atoms with Crippen LogP contribution in [0.25, 0.3) is 0 Å². The molecule has 0 aromatic heterocycles. The minimum atomic E-state index is -0.565. The minimum Gasteiger partial charge on any atom is -0.454 e. The van der Waals surface area contributed by atoms with Crippen molar-refractivity contribution in [1.82, 2.24) is 10.2 Å². The number of fused-ring (bicyclic) bond motifs is 1. The maximum absolute atomic E-state index is 13.3. The van der Waals surface area contributed by atoms with E-state index in [2.05, 4.69) is 10.3 Å². The Balaban J connectivity index is 1.63. The van der Waals surface area contributed by atoms with E-state index in [-0.39, 0.29) is 37.4 Å². The fraction of sp³-hybridized carbons (Fsp3) is 0.286. The zero-order valence-electron chi connectivity index (χ0n) is 16.3. The molecule has 0 aliphatic carbocycles. The molecule has 9 heteroatoms. The van der Waals surface area contributed by atoms with Gasteiger partial charge in [0.15, 0.2) is 16.7 Å². The number of amides is 2. The number of carbonyl (C=O) groups is 2. The van der Waals surface area contributed by atoms with Crippen molar-refractivity contribution in [2.75, 3.05) is 13.3 Å². The fourth-order valence-electron chi connectivity index (χ4n) is 3.13. The lowest BCUT2D eigenvalue weighted by Crippen LogP contribution is -2.46. The molecular formula is C21H20FN3O4S. The summed E-state index contributed by atoms with van der Waals surface area (Å²) in [6, 6.07) is 11.1. The van der Waals surface area contributed by atoms with Gasteiger partial charge < -0.3 is 14.8 Å². The first-order valence-corrected chi connectivity index (χ1v) is 10.4. The lowest BCUT2D eigenvalue weighted by atomic mass is 10.1. The summed E-state index contributed by atoms with van der Waals surface area (Å²) in [5.41, 5.74) is 1.34. The molecule has 1 fully saturated rings. The van der Waals surface area contributed by atoms with Crippen molar-refractivity contribution < 1.29 is 23.5 Å². The average Bonchev–Trinajstić information content (AvgIpc) is 3.20. The maximum atomic E-state index is 13.3. The van der Waals surface area contributed by atoms with Gasteiger partial charge in [0.05, 0.1) is 17.5 Å². The number of hydrogen-bond acceptors (Lipinski definition) is 6. The van der Waals surface area contributed by atoms with Gasteiger partial charge in [0.2, 0.25) is 18.6 Å². The number of aliphatic imine (C=N–C) groups is 1. The Hall–Kier alpha value is -3.07. The number of amidine groups is 1. The van der Waals surface area contributed by atoms with E-state index in [4.69, 9.17) is 9.47 Å². The number of halogens is 1.